The van der Waals surface area contributed by atoms with Gasteiger partial charge in [0.2, 0.25) is 0 Å². The number of carbonyl (C=O) groups excluding carboxylic acids is 1. The van der Waals surface area contributed by atoms with Gasteiger partial charge in [-0.2, -0.15) is 0 Å². The second-order valence-corrected chi connectivity index (χ2v) is 9.48. The van der Waals surface area contributed by atoms with E-state index in [0.717, 1.165) is 37.3 Å². The summed E-state index contributed by atoms with van der Waals surface area (Å²) in [6.45, 7) is 6.17. The number of piperidine rings is 1. The minimum Gasteiger partial charge on any atom is -0.478 e. The number of ether oxygens (including phenoxy) is 2. The van der Waals surface area contributed by atoms with Gasteiger partial charge in [-0.1, -0.05) is 55.5 Å². The van der Waals surface area contributed by atoms with Gasteiger partial charge >= 0.3 is 5.97 Å². The Morgan fingerprint density at radius 3 is 2.62 bits per heavy atom. The van der Waals surface area contributed by atoms with Crippen molar-refractivity contribution >= 4 is 16.9 Å². The molecule has 0 amide bonds. The van der Waals surface area contributed by atoms with Crippen molar-refractivity contribution in [1.29, 1.82) is 0 Å². The molecule has 1 aromatic heterocycles. The molecule has 2 aliphatic heterocycles. The Morgan fingerprint density at radius 2 is 1.85 bits per heavy atom. The lowest BCUT2D eigenvalue weighted by atomic mass is 9.75. The van der Waals surface area contributed by atoms with E-state index in [1.807, 2.05) is 13.0 Å². The Hall–Kier alpha value is -3.05. The highest BCUT2D eigenvalue weighted by atomic mass is 16.5. The standard InChI is InChI=1S/C29H34N2O3/c1-4-22-24-15-16-30(3)28(22)34-26(27(24)29(32)33-5-2)17-21-19-31(18-20-11-7-6-8-12-20)25-14-10-9-13-23(21)25/h6-14,19,22,24,28H,4-5,15-18H2,1-3H3. The molecule has 2 aliphatic rings. The fraction of sp³-hybridized carbons (Fsp3) is 0.414. The molecule has 1 saturated heterocycles. The van der Waals surface area contributed by atoms with Crippen LogP contribution in [-0.4, -0.2) is 41.9 Å². The van der Waals surface area contributed by atoms with Crippen LogP contribution < -0.4 is 0 Å². The molecule has 0 spiro atoms. The molecule has 3 unspecified atom stereocenters. The first-order valence-corrected chi connectivity index (χ1v) is 12.5. The van der Waals surface area contributed by atoms with Crippen molar-refractivity contribution in [1.82, 2.24) is 9.47 Å². The van der Waals surface area contributed by atoms with E-state index in [0.29, 0.717) is 18.9 Å². The summed E-state index contributed by atoms with van der Waals surface area (Å²) >= 11 is 0. The number of aromatic nitrogens is 1. The number of rotatable bonds is 7. The molecule has 3 aromatic rings. The van der Waals surface area contributed by atoms with Crippen molar-refractivity contribution in [2.45, 2.75) is 45.9 Å². The van der Waals surface area contributed by atoms with E-state index in [9.17, 15) is 4.79 Å². The Balaban J connectivity index is 1.56. The van der Waals surface area contributed by atoms with Gasteiger partial charge in [0, 0.05) is 48.4 Å². The lowest BCUT2D eigenvalue weighted by Crippen LogP contribution is -2.52. The van der Waals surface area contributed by atoms with Gasteiger partial charge in [0.1, 0.15) is 5.76 Å². The van der Waals surface area contributed by atoms with Crippen LogP contribution >= 0.6 is 0 Å². The lowest BCUT2D eigenvalue weighted by Gasteiger charge is -2.48. The van der Waals surface area contributed by atoms with Crippen molar-refractivity contribution in [3.05, 3.63) is 83.3 Å². The van der Waals surface area contributed by atoms with Crippen LogP contribution in [0, 0.1) is 11.8 Å². The molecule has 3 heterocycles. The molecular formula is C29H34N2O3. The SMILES string of the molecule is CCOC(=O)C1=C(Cc2cn(Cc3ccccc3)c3ccccc23)OC2C(CC)C1CCN2C. The molecule has 5 rings (SSSR count). The smallest absolute Gasteiger partial charge is 0.337 e. The maximum atomic E-state index is 13.2. The number of nitrogens with zero attached hydrogens (tertiary/aromatic N) is 2. The number of hydrogen-bond donors (Lipinski definition) is 0. The van der Waals surface area contributed by atoms with Gasteiger partial charge in [-0.05, 0) is 44.0 Å². The normalized spacial score (nSPS) is 22.6. The summed E-state index contributed by atoms with van der Waals surface area (Å²) in [4.78, 5) is 15.5. The number of likely N-dealkylation sites (tertiary alicyclic amines) is 1. The summed E-state index contributed by atoms with van der Waals surface area (Å²) in [7, 11) is 2.13. The zero-order chi connectivity index (χ0) is 23.7. The fourth-order valence-corrected chi connectivity index (χ4v) is 5.81. The maximum absolute atomic E-state index is 13.2. The van der Waals surface area contributed by atoms with Crippen LogP contribution in [0.15, 0.2) is 72.1 Å². The van der Waals surface area contributed by atoms with Crippen LogP contribution in [0.25, 0.3) is 10.9 Å². The van der Waals surface area contributed by atoms with Crippen LogP contribution in [0.3, 0.4) is 0 Å². The molecule has 0 radical (unpaired) electrons. The van der Waals surface area contributed by atoms with Crippen LogP contribution in [0.4, 0.5) is 0 Å². The first-order chi connectivity index (χ1) is 16.6. The molecule has 0 N–H and O–H groups in total. The topological polar surface area (TPSA) is 43.7 Å². The second kappa shape index (κ2) is 9.67. The van der Waals surface area contributed by atoms with Gasteiger partial charge in [-0.3, -0.25) is 4.90 Å². The number of esters is 1. The Labute approximate surface area is 202 Å². The average molecular weight is 459 g/mol. The number of para-hydroxylation sites is 1. The third-order valence-corrected chi connectivity index (χ3v) is 7.43. The Kier molecular flexibility index (Phi) is 6.46. The minimum absolute atomic E-state index is 0.00888. The first-order valence-electron chi connectivity index (χ1n) is 12.5. The van der Waals surface area contributed by atoms with Crippen LogP contribution in [0.5, 0.6) is 0 Å². The zero-order valence-electron chi connectivity index (χ0n) is 20.4. The average Bonchev–Trinajstić information content (AvgIpc) is 3.19. The molecule has 34 heavy (non-hydrogen) atoms. The van der Waals surface area contributed by atoms with E-state index in [1.54, 1.807) is 0 Å². The molecule has 2 bridgehead atoms. The van der Waals surface area contributed by atoms with E-state index in [2.05, 4.69) is 78.2 Å². The van der Waals surface area contributed by atoms with Gasteiger partial charge in [0.05, 0.1) is 12.2 Å². The molecule has 2 aromatic carbocycles. The first kappa shape index (κ1) is 22.7. The van der Waals surface area contributed by atoms with E-state index >= 15 is 0 Å². The molecule has 0 aliphatic carbocycles. The van der Waals surface area contributed by atoms with Crippen LogP contribution in [-0.2, 0) is 27.2 Å². The summed E-state index contributed by atoms with van der Waals surface area (Å²) in [5, 5.41) is 1.20. The summed E-state index contributed by atoms with van der Waals surface area (Å²) in [6.07, 6.45) is 4.76. The monoisotopic (exact) mass is 458 g/mol. The number of allylic oxidation sites excluding steroid dienone is 1. The number of carbonyl (C=O) groups is 1. The minimum atomic E-state index is -0.211. The van der Waals surface area contributed by atoms with E-state index < -0.39 is 0 Å². The highest BCUT2D eigenvalue weighted by Gasteiger charge is 2.46. The van der Waals surface area contributed by atoms with Crippen molar-refractivity contribution in [2.24, 2.45) is 11.8 Å². The van der Waals surface area contributed by atoms with Crippen molar-refractivity contribution in [3.8, 4) is 0 Å². The van der Waals surface area contributed by atoms with Crippen molar-refractivity contribution in [2.75, 3.05) is 20.2 Å². The largest absolute Gasteiger partial charge is 0.478 e. The highest BCUT2D eigenvalue weighted by molar-refractivity contribution is 5.90. The van der Waals surface area contributed by atoms with E-state index in [4.69, 9.17) is 9.47 Å². The summed E-state index contributed by atoms with van der Waals surface area (Å²) < 4.78 is 14.5. The maximum Gasteiger partial charge on any atom is 0.337 e. The van der Waals surface area contributed by atoms with Gasteiger partial charge < -0.3 is 14.0 Å². The van der Waals surface area contributed by atoms with Gasteiger partial charge in [-0.15, -0.1) is 0 Å². The molecule has 1 fully saturated rings. The third kappa shape index (κ3) is 4.14. The van der Waals surface area contributed by atoms with E-state index in [-0.39, 0.29) is 18.1 Å². The predicted octanol–water partition coefficient (Wildman–Crippen LogP) is 5.38. The molecule has 5 nitrogen and oxygen atoms in total. The number of fused-ring (bicyclic) bond motifs is 3. The molecule has 0 saturated carbocycles. The fourth-order valence-electron chi connectivity index (χ4n) is 5.81. The van der Waals surface area contributed by atoms with Gasteiger partial charge in [-0.25, -0.2) is 4.79 Å². The number of hydrogen-bond acceptors (Lipinski definition) is 4. The van der Waals surface area contributed by atoms with E-state index in [1.165, 1.54) is 22.0 Å². The van der Waals surface area contributed by atoms with Gasteiger partial charge in [0.25, 0.3) is 0 Å². The Bertz CT molecular complexity index is 1200. The van der Waals surface area contributed by atoms with Crippen LogP contribution in [0.1, 0.15) is 37.8 Å². The summed E-state index contributed by atoms with van der Waals surface area (Å²) in [6, 6.07) is 19.0. The molecule has 5 heteroatoms. The van der Waals surface area contributed by atoms with Crippen molar-refractivity contribution < 1.29 is 14.3 Å². The lowest BCUT2D eigenvalue weighted by molar-refractivity contribution is -0.147. The summed E-state index contributed by atoms with van der Waals surface area (Å²) in [5.41, 5.74) is 4.40. The van der Waals surface area contributed by atoms with Gasteiger partial charge in [0.15, 0.2) is 6.23 Å². The van der Waals surface area contributed by atoms with Crippen LogP contribution in [0.2, 0.25) is 0 Å². The quantitative estimate of drug-likeness (QED) is 0.446. The van der Waals surface area contributed by atoms with Crippen molar-refractivity contribution in [3.63, 3.8) is 0 Å². The second-order valence-electron chi connectivity index (χ2n) is 9.48. The molecule has 178 valence electrons. The molecule has 3 atom stereocenters. The summed E-state index contributed by atoms with van der Waals surface area (Å²) in [5.74, 6) is 1.07. The number of benzene rings is 2. The predicted molar refractivity (Wildman–Crippen MR) is 134 cm³/mol. The molecular weight excluding hydrogens is 424 g/mol. The third-order valence-electron chi connectivity index (χ3n) is 7.43. The Morgan fingerprint density at radius 1 is 1.09 bits per heavy atom. The zero-order valence-corrected chi connectivity index (χ0v) is 20.4. The highest BCUT2D eigenvalue weighted by Crippen LogP contribution is 2.44.